The van der Waals surface area contributed by atoms with Crippen LogP contribution in [0.15, 0.2) is 134 Å². The van der Waals surface area contributed by atoms with E-state index in [2.05, 4.69) is 175 Å². The second-order valence-electron chi connectivity index (χ2n) is 15.3. The molecule has 9 rings (SSSR count). The van der Waals surface area contributed by atoms with Crippen LogP contribution in [0.2, 0.25) is 0 Å². The molecule has 4 aromatic carbocycles. The van der Waals surface area contributed by atoms with Gasteiger partial charge in [0.15, 0.2) is 0 Å². The number of benzene rings is 4. The summed E-state index contributed by atoms with van der Waals surface area (Å²) in [4.78, 5) is 20.7. The molecule has 4 aromatic heterocycles. The van der Waals surface area contributed by atoms with Crippen molar-refractivity contribution in [2.24, 2.45) is 0 Å². The summed E-state index contributed by atoms with van der Waals surface area (Å²) in [5, 5.41) is 0. The standard InChI is InChI=1S/C52H42N4.Pt/c1-32-25-34(3)50(35(4)26-32)46-30-40(21-23-53-46)44-17-11-19-48(55-44)52(42-15-9-7-13-38(42)29-39-14-8-10-16-43(39)52)49-20-12-18-45(56-49)41-22-24-54-47(31-41)51-36(5)27-33(2)28-37(51)6;/h7-20,23-28,30-31H,29H2,1-6H3;/q-2;+2. The Morgan fingerprint density at radius 1 is 0.456 bits per heavy atom. The molecule has 5 heteroatoms. The number of aryl methyl sites for hydroxylation is 6. The van der Waals surface area contributed by atoms with Gasteiger partial charge in [-0.05, 0) is 140 Å². The molecule has 1 aliphatic rings. The zero-order valence-electron chi connectivity index (χ0n) is 33.0. The Kier molecular flexibility index (Phi) is 10.2. The van der Waals surface area contributed by atoms with Crippen molar-refractivity contribution in [3.8, 4) is 45.0 Å². The van der Waals surface area contributed by atoms with E-state index in [0.29, 0.717) is 0 Å². The van der Waals surface area contributed by atoms with Gasteiger partial charge >= 0.3 is 21.1 Å². The third kappa shape index (κ3) is 6.66. The molecule has 4 heterocycles. The van der Waals surface area contributed by atoms with Crippen LogP contribution in [0.1, 0.15) is 67.0 Å². The molecule has 0 unspecified atom stereocenters. The first kappa shape index (κ1) is 38.1. The Balaban J connectivity index is 0.00000455. The largest absolute Gasteiger partial charge is 2.00 e. The van der Waals surface area contributed by atoms with Gasteiger partial charge in [0, 0.05) is 22.8 Å². The molecule has 4 nitrogen and oxygen atoms in total. The quantitative estimate of drug-likeness (QED) is 0.156. The van der Waals surface area contributed by atoms with Crippen molar-refractivity contribution in [2.75, 3.05) is 0 Å². The van der Waals surface area contributed by atoms with Crippen molar-refractivity contribution in [3.05, 3.63) is 213 Å². The molecule has 0 amide bonds. The van der Waals surface area contributed by atoms with Gasteiger partial charge in [-0.25, -0.2) is 0 Å². The molecular weight excluding hydrogens is 876 g/mol. The van der Waals surface area contributed by atoms with Crippen LogP contribution < -0.4 is 0 Å². The Bertz CT molecular complexity index is 2580. The van der Waals surface area contributed by atoms with Gasteiger partial charge in [0.05, 0.1) is 0 Å². The third-order valence-electron chi connectivity index (χ3n) is 11.3. The fraction of sp³-hybridized carbons (Fsp3) is 0.154. The van der Waals surface area contributed by atoms with Crippen molar-refractivity contribution in [1.29, 1.82) is 0 Å². The van der Waals surface area contributed by atoms with E-state index in [1.54, 1.807) is 12.4 Å². The normalized spacial score (nSPS) is 12.7. The second kappa shape index (κ2) is 15.3. The van der Waals surface area contributed by atoms with E-state index in [-0.39, 0.29) is 21.1 Å². The first-order valence-corrected chi connectivity index (χ1v) is 19.2. The van der Waals surface area contributed by atoms with E-state index in [1.807, 2.05) is 0 Å². The molecule has 0 spiro atoms. The van der Waals surface area contributed by atoms with Crippen LogP contribution in [0.3, 0.4) is 0 Å². The van der Waals surface area contributed by atoms with Crippen molar-refractivity contribution < 1.29 is 21.1 Å². The average Bonchev–Trinajstić information content (AvgIpc) is 3.19. The van der Waals surface area contributed by atoms with E-state index in [9.17, 15) is 0 Å². The van der Waals surface area contributed by atoms with E-state index in [1.165, 1.54) is 55.6 Å². The van der Waals surface area contributed by atoms with Crippen LogP contribution >= 0.6 is 0 Å². The van der Waals surface area contributed by atoms with Crippen molar-refractivity contribution in [3.63, 3.8) is 0 Å². The monoisotopic (exact) mass is 917 g/mol. The maximum Gasteiger partial charge on any atom is 2.00 e. The topological polar surface area (TPSA) is 51.6 Å². The molecule has 0 bridgehead atoms. The zero-order chi connectivity index (χ0) is 38.6. The molecule has 280 valence electrons. The van der Waals surface area contributed by atoms with Gasteiger partial charge in [-0.1, -0.05) is 108 Å². The van der Waals surface area contributed by atoms with Crippen LogP contribution in [0, 0.1) is 53.7 Å². The van der Waals surface area contributed by atoms with Crippen LogP contribution in [-0.2, 0) is 32.9 Å². The van der Waals surface area contributed by atoms with E-state index < -0.39 is 5.41 Å². The zero-order valence-corrected chi connectivity index (χ0v) is 35.3. The van der Waals surface area contributed by atoms with Crippen LogP contribution in [-0.4, -0.2) is 19.9 Å². The summed E-state index contributed by atoms with van der Waals surface area (Å²) in [6.07, 6.45) is 4.40. The summed E-state index contributed by atoms with van der Waals surface area (Å²) in [6, 6.07) is 50.3. The summed E-state index contributed by atoms with van der Waals surface area (Å²) in [7, 11) is 0. The fourth-order valence-electron chi connectivity index (χ4n) is 9.21. The Labute approximate surface area is 350 Å². The number of hydrogen-bond acceptors (Lipinski definition) is 4. The molecule has 0 atom stereocenters. The number of hydrogen-bond donors (Lipinski definition) is 0. The third-order valence-corrected chi connectivity index (χ3v) is 11.3. The molecule has 8 aromatic rings. The summed E-state index contributed by atoms with van der Waals surface area (Å²) in [5.74, 6) is 0. The smallest absolute Gasteiger partial charge is 0.315 e. The van der Waals surface area contributed by atoms with E-state index in [4.69, 9.17) is 19.9 Å². The Morgan fingerprint density at radius 2 is 0.860 bits per heavy atom. The van der Waals surface area contributed by atoms with Gasteiger partial charge in [-0.3, -0.25) is 9.97 Å². The number of aromatic nitrogens is 4. The van der Waals surface area contributed by atoms with Gasteiger partial charge < -0.3 is 9.97 Å². The maximum atomic E-state index is 5.57. The van der Waals surface area contributed by atoms with Gasteiger partial charge in [-0.2, -0.15) is 23.3 Å². The van der Waals surface area contributed by atoms with Gasteiger partial charge in [0.2, 0.25) is 0 Å². The Morgan fingerprint density at radius 3 is 1.28 bits per heavy atom. The Hall–Kier alpha value is -5.83. The molecule has 0 aliphatic heterocycles. The summed E-state index contributed by atoms with van der Waals surface area (Å²) < 4.78 is 0. The average molecular weight is 918 g/mol. The first-order valence-electron chi connectivity index (χ1n) is 19.2. The van der Waals surface area contributed by atoms with Crippen LogP contribution in [0.5, 0.6) is 0 Å². The van der Waals surface area contributed by atoms with Crippen LogP contribution in [0.4, 0.5) is 0 Å². The number of nitrogens with zero attached hydrogens (tertiary/aromatic N) is 4. The van der Waals surface area contributed by atoms with Gasteiger partial charge in [0.25, 0.3) is 0 Å². The number of rotatable bonds is 6. The van der Waals surface area contributed by atoms with Crippen molar-refractivity contribution in [2.45, 2.75) is 53.4 Å². The van der Waals surface area contributed by atoms with Crippen LogP contribution in [0.25, 0.3) is 45.0 Å². The summed E-state index contributed by atoms with van der Waals surface area (Å²) in [6.45, 7) is 12.9. The summed E-state index contributed by atoms with van der Waals surface area (Å²) in [5.41, 5.74) is 20.8. The van der Waals surface area contributed by atoms with Gasteiger partial charge in [0.1, 0.15) is 5.41 Å². The minimum absolute atomic E-state index is 0. The predicted molar refractivity (Wildman–Crippen MR) is 227 cm³/mol. The van der Waals surface area contributed by atoms with Crippen molar-refractivity contribution in [1.82, 2.24) is 19.9 Å². The first-order chi connectivity index (χ1) is 27.2. The molecule has 0 saturated carbocycles. The minimum atomic E-state index is -0.808. The molecule has 0 radical (unpaired) electrons. The molecule has 0 saturated heterocycles. The molecule has 0 N–H and O–H groups in total. The van der Waals surface area contributed by atoms with E-state index in [0.717, 1.165) is 62.8 Å². The van der Waals surface area contributed by atoms with E-state index >= 15 is 0 Å². The molecule has 1 aliphatic carbocycles. The maximum absolute atomic E-state index is 5.57. The fourth-order valence-corrected chi connectivity index (χ4v) is 9.21. The van der Waals surface area contributed by atoms with Crippen molar-refractivity contribution >= 4 is 0 Å². The predicted octanol–water partition coefficient (Wildman–Crippen LogP) is 11.7. The van der Waals surface area contributed by atoms with Gasteiger partial charge in [-0.15, -0.1) is 12.1 Å². The summed E-state index contributed by atoms with van der Waals surface area (Å²) >= 11 is 0. The SMILES string of the molecule is Cc1cc(C)c(-c2cc(-c3cccc(C4(c5cccc(-c6[c-]cnc(-c7c(C)cc(C)cc7C)c6)n5)c5ccccc5Cc5ccccc54)n3)[c-]cn2)c(C)c1.[Pt+2]. The molecule has 0 fully saturated rings. The minimum Gasteiger partial charge on any atom is -0.315 e. The molecule has 57 heavy (non-hydrogen) atoms. The second-order valence-corrected chi connectivity index (χ2v) is 15.3. The number of fused-ring (bicyclic) bond motifs is 2. The number of pyridine rings is 4. The molecular formula is C52H42N4Pt.